The third kappa shape index (κ3) is 3.81. The van der Waals surface area contributed by atoms with E-state index in [0.717, 1.165) is 32.1 Å². The number of epoxide rings is 1. The molecule has 0 spiro atoms. The summed E-state index contributed by atoms with van der Waals surface area (Å²) >= 11 is 0. The van der Waals surface area contributed by atoms with Crippen molar-refractivity contribution < 1.29 is 19.4 Å². The van der Waals surface area contributed by atoms with E-state index in [-0.39, 0.29) is 11.7 Å². The molecule has 0 bridgehead atoms. The Kier molecular flexibility index (Phi) is 4.97. The Balaban J connectivity index is 1.81. The summed E-state index contributed by atoms with van der Waals surface area (Å²) in [5, 5.41) is 9.47. The smallest absolute Gasteiger partial charge is 0.331 e. The summed E-state index contributed by atoms with van der Waals surface area (Å²) in [6, 6.07) is 0. The van der Waals surface area contributed by atoms with Gasteiger partial charge in [-0.2, -0.15) is 0 Å². The monoisotopic (exact) mass is 332 g/mol. The number of carboxylic acids is 1. The molecule has 1 N–H and O–H groups in total. The molecule has 2 heterocycles. The van der Waals surface area contributed by atoms with Gasteiger partial charge in [-0.25, -0.2) is 4.79 Å². The minimum atomic E-state index is -0.805. The van der Waals surface area contributed by atoms with Gasteiger partial charge in [0.05, 0.1) is 24.4 Å². The first-order valence-corrected chi connectivity index (χ1v) is 8.96. The fraction of sp³-hybridized carbons (Fsp3) is 0.650. The van der Waals surface area contributed by atoms with E-state index >= 15 is 0 Å². The lowest BCUT2D eigenvalue weighted by molar-refractivity contribution is -0.132. The van der Waals surface area contributed by atoms with Gasteiger partial charge in [0.15, 0.2) is 0 Å². The van der Waals surface area contributed by atoms with Gasteiger partial charge in [-0.1, -0.05) is 17.7 Å². The summed E-state index contributed by atoms with van der Waals surface area (Å²) in [5.41, 5.74) is 4.27. The Labute approximate surface area is 144 Å². The zero-order chi connectivity index (χ0) is 17.3. The maximum absolute atomic E-state index is 11.5. The summed E-state index contributed by atoms with van der Waals surface area (Å²) in [4.78, 5) is 11.5. The molecule has 24 heavy (non-hydrogen) atoms. The number of aliphatic carboxylic acids is 1. The molecule has 4 nitrogen and oxygen atoms in total. The van der Waals surface area contributed by atoms with Gasteiger partial charge in [-0.15, -0.1) is 0 Å². The lowest BCUT2D eigenvalue weighted by Crippen LogP contribution is -2.12. The fourth-order valence-electron chi connectivity index (χ4n) is 3.83. The van der Waals surface area contributed by atoms with Crippen molar-refractivity contribution in [2.24, 2.45) is 0 Å². The van der Waals surface area contributed by atoms with Gasteiger partial charge in [0.1, 0.15) is 0 Å². The summed E-state index contributed by atoms with van der Waals surface area (Å²) < 4.78 is 11.8. The summed E-state index contributed by atoms with van der Waals surface area (Å²) in [6.45, 7) is 7.04. The number of allylic oxidation sites excluding steroid dienone is 2. The minimum Gasteiger partial charge on any atom is -0.478 e. The average Bonchev–Trinajstić information content (AvgIpc) is 3.05. The normalized spacial score (nSPS) is 39.0. The van der Waals surface area contributed by atoms with Crippen LogP contribution in [0.2, 0.25) is 0 Å². The van der Waals surface area contributed by atoms with Crippen molar-refractivity contribution in [1.82, 2.24) is 0 Å². The molecule has 0 unspecified atom stereocenters. The molecule has 132 valence electrons. The molecule has 0 aromatic heterocycles. The quantitative estimate of drug-likeness (QED) is 0.578. The number of fused-ring (bicyclic) bond motifs is 2. The van der Waals surface area contributed by atoms with Crippen molar-refractivity contribution in [3.05, 3.63) is 34.4 Å². The fourth-order valence-corrected chi connectivity index (χ4v) is 3.83. The number of hydrogen-bond acceptors (Lipinski definition) is 3. The van der Waals surface area contributed by atoms with Crippen molar-refractivity contribution >= 4 is 5.97 Å². The van der Waals surface area contributed by atoms with Crippen LogP contribution in [0.1, 0.15) is 59.3 Å². The molecule has 3 rings (SSSR count). The van der Waals surface area contributed by atoms with E-state index in [1.165, 1.54) is 16.7 Å². The molecule has 0 aromatic rings. The van der Waals surface area contributed by atoms with Crippen LogP contribution in [0.5, 0.6) is 0 Å². The van der Waals surface area contributed by atoms with Crippen molar-refractivity contribution in [2.45, 2.75) is 77.1 Å². The van der Waals surface area contributed by atoms with Crippen molar-refractivity contribution in [3.8, 4) is 0 Å². The van der Waals surface area contributed by atoms with E-state index in [1.54, 1.807) is 0 Å². The first-order valence-electron chi connectivity index (χ1n) is 8.96. The predicted octanol–water partition coefficient (Wildman–Crippen LogP) is 4.17. The van der Waals surface area contributed by atoms with Crippen LogP contribution in [0.25, 0.3) is 0 Å². The van der Waals surface area contributed by atoms with E-state index in [1.807, 2.05) is 6.08 Å². The third-order valence-electron chi connectivity index (χ3n) is 5.61. The lowest BCUT2D eigenvalue weighted by Gasteiger charge is -2.14. The van der Waals surface area contributed by atoms with Crippen LogP contribution < -0.4 is 0 Å². The van der Waals surface area contributed by atoms with Crippen LogP contribution in [-0.4, -0.2) is 35.5 Å². The summed E-state index contributed by atoms with van der Waals surface area (Å²) in [7, 11) is 0. The largest absolute Gasteiger partial charge is 0.478 e. The number of ether oxygens (including phenoxy) is 2. The lowest BCUT2D eigenvalue weighted by atomic mass is 9.92. The van der Waals surface area contributed by atoms with Gasteiger partial charge in [0.2, 0.25) is 0 Å². The van der Waals surface area contributed by atoms with Gasteiger partial charge >= 0.3 is 5.97 Å². The van der Waals surface area contributed by atoms with E-state index < -0.39 is 5.97 Å². The SMILES string of the molecule is CC1=C2CC/C(C(=O)O)=C/CC[C@]3(C)O[C@H]3CC/C(C)=C/[C@@H]2OC1. The highest BCUT2D eigenvalue weighted by atomic mass is 16.6. The van der Waals surface area contributed by atoms with Crippen LogP contribution in [0, 0.1) is 0 Å². The van der Waals surface area contributed by atoms with Gasteiger partial charge in [-0.05, 0) is 70.4 Å². The number of hydrogen-bond donors (Lipinski definition) is 1. The number of carbonyl (C=O) groups is 1. The maximum Gasteiger partial charge on any atom is 0.331 e. The Morgan fingerprint density at radius 1 is 1.29 bits per heavy atom. The van der Waals surface area contributed by atoms with E-state index in [4.69, 9.17) is 9.47 Å². The predicted molar refractivity (Wildman–Crippen MR) is 92.9 cm³/mol. The molecule has 0 saturated carbocycles. The van der Waals surface area contributed by atoms with E-state index in [0.29, 0.717) is 24.7 Å². The van der Waals surface area contributed by atoms with Crippen molar-refractivity contribution in [1.29, 1.82) is 0 Å². The molecule has 3 aliphatic rings. The molecule has 1 saturated heterocycles. The van der Waals surface area contributed by atoms with Crippen molar-refractivity contribution in [3.63, 3.8) is 0 Å². The molecule has 1 fully saturated rings. The Morgan fingerprint density at radius 2 is 2.08 bits per heavy atom. The molecule has 2 aliphatic heterocycles. The van der Waals surface area contributed by atoms with Crippen LogP contribution >= 0.6 is 0 Å². The average molecular weight is 332 g/mol. The Morgan fingerprint density at radius 3 is 2.83 bits per heavy atom. The molecule has 3 atom stereocenters. The standard InChI is InChI=1S/C20H28O4/c1-13-6-9-18-20(3,24-18)10-4-5-15(19(21)22)7-8-16-14(2)12-23-17(16)11-13/h5,11,17-18H,4,6-10,12H2,1-3H3,(H,21,22)/b13-11+,15-5-/t17-,18-,20-/m0/s1. The van der Waals surface area contributed by atoms with Crippen LogP contribution in [0.3, 0.4) is 0 Å². The molecule has 0 aromatic carbocycles. The topological polar surface area (TPSA) is 59.1 Å². The van der Waals surface area contributed by atoms with Gasteiger partial charge in [-0.3, -0.25) is 0 Å². The molecular weight excluding hydrogens is 304 g/mol. The van der Waals surface area contributed by atoms with Crippen LogP contribution in [0.15, 0.2) is 34.4 Å². The zero-order valence-electron chi connectivity index (χ0n) is 14.9. The highest BCUT2D eigenvalue weighted by Crippen LogP contribution is 2.44. The first-order chi connectivity index (χ1) is 11.4. The van der Waals surface area contributed by atoms with E-state index in [2.05, 4.69) is 26.8 Å². The summed E-state index contributed by atoms with van der Waals surface area (Å²) in [5.74, 6) is -0.805. The van der Waals surface area contributed by atoms with Crippen LogP contribution in [-0.2, 0) is 14.3 Å². The maximum atomic E-state index is 11.5. The summed E-state index contributed by atoms with van der Waals surface area (Å²) in [6.07, 6.45) is 9.45. The second-order valence-corrected chi connectivity index (χ2v) is 7.58. The highest BCUT2D eigenvalue weighted by Gasteiger charge is 2.50. The molecule has 4 heteroatoms. The zero-order valence-corrected chi connectivity index (χ0v) is 14.9. The second kappa shape index (κ2) is 6.85. The molecule has 0 amide bonds. The van der Waals surface area contributed by atoms with Gasteiger partial charge in [0.25, 0.3) is 0 Å². The minimum absolute atomic E-state index is 0.00879. The molecular formula is C20H28O4. The second-order valence-electron chi connectivity index (χ2n) is 7.58. The number of carboxylic acid groups (broad SMARTS) is 1. The van der Waals surface area contributed by atoms with Gasteiger partial charge < -0.3 is 14.6 Å². The Bertz CT molecular complexity index is 613. The van der Waals surface area contributed by atoms with Gasteiger partial charge in [0, 0.05) is 5.57 Å². The highest BCUT2D eigenvalue weighted by molar-refractivity contribution is 5.86. The van der Waals surface area contributed by atoms with Crippen molar-refractivity contribution in [2.75, 3.05) is 6.61 Å². The van der Waals surface area contributed by atoms with E-state index in [9.17, 15) is 9.90 Å². The molecule has 1 aliphatic carbocycles. The molecule has 0 radical (unpaired) electrons. The number of rotatable bonds is 1. The Hall–Kier alpha value is -1.39. The first kappa shape index (κ1) is 17.4. The van der Waals surface area contributed by atoms with Crippen LogP contribution in [0.4, 0.5) is 0 Å². The third-order valence-corrected chi connectivity index (χ3v) is 5.61.